The molecule has 1 saturated heterocycles. The Hall–Kier alpha value is -3.05. The number of nitrogens with zero attached hydrogens (tertiary/aromatic N) is 1. The van der Waals surface area contributed by atoms with Crippen molar-refractivity contribution in [1.82, 2.24) is 4.90 Å². The normalized spacial score (nSPS) is 16.5. The van der Waals surface area contributed by atoms with E-state index in [9.17, 15) is 4.79 Å². The van der Waals surface area contributed by atoms with E-state index in [1.54, 1.807) is 0 Å². The summed E-state index contributed by atoms with van der Waals surface area (Å²) >= 11 is 0. The van der Waals surface area contributed by atoms with Gasteiger partial charge in [-0.2, -0.15) is 0 Å². The Bertz CT molecular complexity index is 965. The molecule has 1 atom stereocenters. The van der Waals surface area contributed by atoms with Crippen molar-refractivity contribution in [3.8, 4) is 17.1 Å². The molecule has 3 aromatic rings. The first-order chi connectivity index (χ1) is 15.2. The molecule has 5 heteroatoms. The number of furan rings is 1. The quantitative estimate of drug-likeness (QED) is 0.487. The van der Waals surface area contributed by atoms with Gasteiger partial charge in [0.25, 0.3) is 0 Å². The van der Waals surface area contributed by atoms with E-state index >= 15 is 0 Å². The minimum Gasteiger partial charge on any atom is -0.492 e. The minimum absolute atomic E-state index is 0.230. The summed E-state index contributed by atoms with van der Waals surface area (Å²) in [5, 5.41) is 8.83. The highest BCUT2D eigenvalue weighted by Gasteiger charge is 2.24. The number of carboxylic acids is 1. The van der Waals surface area contributed by atoms with Gasteiger partial charge in [-0.05, 0) is 62.2 Å². The predicted octanol–water partition coefficient (Wildman–Crippen LogP) is 5.25. The Balaban J connectivity index is 1.27. The van der Waals surface area contributed by atoms with Crippen LogP contribution in [-0.2, 0) is 11.2 Å². The maximum Gasteiger partial charge on any atom is 0.303 e. The van der Waals surface area contributed by atoms with Crippen molar-refractivity contribution in [2.75, 3.05) is 19.7 Å². The second kappa shape index (κ2) is 10.3. The van der Waals surface area contributed by atoms with Crippen LogP contribution in [0, 0.1) is 0 Å². The van der Waals surface area contributed by atoms with Gasteiger partial charge in [-0.15, -0.1) is 0 Å². The molecule has 0 saturated carbocycles. The van der Waals surface area contributed by atoms with Gasteiger partial charge in [-0.1, -0.05) is 42.5 Å². The number of carbonyl (C=O) groups is 1. The second-order valence-corrected chi connectivity index (χ2v) is 8.09. The van der Waals surface area contributed by atoms with Crippen LogP contribution in [0.25, 0.3) is 11.3 Å². The zero-order valence-corrected chi connectivity index (χ0v) is 17.7. The van der Waals surface area contributed by atoms with Gasteiger partial charge in [0.05, 0.1) is 0 Å². The lowest BCUT2D eigenvalue weighted by molar-refractivity contribution is -0.137. The third-order valence-electron chi connectivity index (χ3n) is 5.80. The summed E-state index contributed by atoms with van der Waals surface area (Å²) in [4.78, 5) is 13.1. The van der Waals surface area contributed by atoms with Gasteiger partial charge in [0.1, 0.15) is 23.9 Å². The highest BCUT2D eigenvalue weighted by atomic mass is 16.5. The Morgan fingerprint density at radius 3 is 2.65 bits per heavy atom. The van der Waals surface area contributed by atoms with E-state index in [4.69, 9.17) is 14.3 Å². The van der Waals surface area contributed by atoms with Gasteiger partial charge >= 0.3 is 5.97 Å². The Morgan fingerprint density at radius 2 is 1.87 bits per heavy atom. The first-order valence-electron chi connectivity index (χ1n) is 11.0. The smallest absolute Gasteiger partial charge is 0.303 e. The third kappa shape index (κ3) is 5.98. The fourth-order valence-corrected chi connectivity index (χ4v) is 4.14. The summed E-state index contributed by atoms with van der Waals surface area (Å²) < 4.78 is 12.0. The van der Waals surface area contributed by atoms with Crippen LogP contribution >= 0.6 is 0 Å². The molecule has 2 heterocycles. The lowest BCUT2D eigenvalue weighted by Gasteiger charge is -2.24. The Kier molecular flexibility index (Phi) is 7.05. The summed E-state index contributed by atoms with van der Waals surface area (Å²) in [5.41, 5.74) is 2.26. The van der Waals surface area contributed by atoms with E-state index < -0.39 is 5.97 Å². The zero-order valence-electron chi connectivity index (χ0n) is 17.7. The van der Waals surface area contributed by atoms with Crippen LogP contribution in [0.1, 0.15) is 37.0 Å². The van der Waals surface area contributed by atoms with Crippen molar-refractivity contribution in [3.63, 3.8) is 0 Å². The van der Waals surface area contributed by atoms with Crippen LogP contribution in [0.4, 0.5) is 0 Å². The van der Waals surface area contributed by atoms with Gasteiger partial charge in [0.2, 0.25) is 0 Å². The molecule has 1 aromatic heterocycles. The van der Waals surface area contributed by atoms with E-state index in [1.165, 1.54) is 5.56 Å². The zero-order chi connectivity index (χ0) is 21.5. The second-order valence-electron chi connectivity index (χ2n) is 8.09. The fourth-order valence-electron chi connectivity index (χ4n) is 4.14. The monoisotopic (exact) mass is 419 g/mol. The molecule has 0 bridgehead atoms. The molecule has 1 fully saturated rings. The number of rotatable bonds is 10. The van der Waals surface area contributed by atoms with Gasteiger partial charge in [-0.25, -0.2) is 0 Å². The lowest BCUT2D eigenvalue weighted by Crippen LogP contribution is -2.35. The highest BCUT2D eigenvalue weighted by molar-refractivity contribution is 5.66. The number of benzene rings is 2. The van der Waals surface area contributed by atoms with Crippen molar-refractivity contribution >= 4 is 5.97 Å². The van der Waals surface area contributed by atoms with E-state index in [1.807, 2.05) is 54.6 Å². The lowest BCUT2D eigenvalue weighted by atomic mass is 10.1. The van der Waals surface area contributed by atoms with Crippen LogP contribution in [0.3, 0.4) is 0 Å². The molecule has 0 aliphatic carbocycles. The molecule has 1 aliphatic rings. The third-order valence-corrected chi connectivity index (χ3v) is 5.80. The molecule has 5 nitrogen and oxygen atoms in total. The van der Waals surface area contributed by atoms with Crippen LogP contribution in [0.2, 0.25) is 0 Å². The van der Waals surface area contributed by atoms with Gasteiger partial charge in [-0.3, -0.25) is 9.69 Å². The van der Waals surface area contributed by atoms with Crippen LogP contribution in [0.5, 0.6) is 5.75 Å². The first-order valence-corrected chi connectivity index (χ1v) is 11.0. The average Bonchev–Trinajstić information content (AvgIpc) is 3.43. The van der Waals surface area contributed by atoms with Gasteiger partial charge in [0.15, 0.2) is 0 Å². The largest absolute Gasteiger partial charge is 0.492 e. The molecule has 2 aromatic carbocycles. The molecule has 1 N–H and O–H groups in total. The van der Waals surface area contributed by atoms with Crippen LogP contribution < -0.4 is 4.74 Å². The maximum absolute atomic E-state index is 10.7. The van der Waals surface area contributed by atoms with Gasteiger partial charge in [0, 0.05) is 24.4 Å². The fraction of sp³-hybridized carbons (Fsp3) is 0.346. The topological polar surface area (TPSA) is 62.9 Å². The molecule has 0 amide bonds. The van der Waals surface area contributed by atoms with E-state index in [-0.39, 0.29) is 6.42 Å². The first kappa shape index (κ1) is 21.2. The van der Waals surface area contributed by atoms with E-state index in [0.717, 1.165) is 55.2 Å². The summed E-state index contributed by atoms with van der Waals surface area (Å²) in [6.45, 7) is 2.50. The van der Waals surface area contributed by atoms with E-state index in [0.29, 0.717) is 19.1 Å². The summed E-state index contributed by atoms with van der Waals surface area (Å²) in [6.07, 6.45) is 3.92. The van der Waals surface area contributed by atoms with Crippen molar-refractivity contribution < 1.29 is 19.1 Å². The molecule has 0 unspecified atom stereocenters. The molecule has 4 rings (SSSR count). The Morgan fingerprint density at radius 1 is 1.06 bits per heavy atom. The Labute approximate surface area is 183 Å². The molecular formula is C26H29NO4. The number of aliphatic carboxylic acids is 1. The maximum atomic E-state index is 10.7. The number of hydrogen-bond acceptors (Lipinski definition) is 4. The summed E-state index contributed by atoms with van der Waals surface area (Å²) in [7, 11) is 0. The van der Waals surface area contributed by atoms with Crippen molar-refractivity contribution in [1.29, 1.82) is 0 Å². The standard InChI is InChI=1S/C26H29NO4/c28-26(29)9-5-17-27-16-4-8-22(27)19-30-23-12-10-20(11-13-23)18-24-14-15-25(31-24)21-6-2-1-3-7-21/h1-3,6-7,10-15,22H,4-5,8-9,16-19H2,(H,28,29)/t22-/m1/s1. The molecule has 31 heavy (non-hydrogen) atoms. The summed E-state index contributed by atoms with van der Waals surface area (Å²) in [6, 6.07) is 22.7. The van der Waals surface area contributed by atoms with Crippen LogP contribution in [0.15, 0.2) is 71.1 Å². The molecule has 162 valence electrons. The minimum atomic E-state index is -0.724. The molecule has 0 radical (unpaired) electrons. The average molecular weight is 420 g/mol. The number of likely N-dealkylation sites (tertiary alicyclic amines) is 1. The van der Waals surface area contributed by atoms with Crippen molar-refractivity contribution in [2.24, 2.45) is 0 Å². The molecule has 0 spiro atoms. The van der Waals surface area contributed by atoms with Crippen molar-refractivity contribution in [2.45, 2.75) is 38.1 Å². The summed E-state index contributed by atoms with van der Waals surface area (Å²) in [5.74, 6) is 1.97. The van der Waals surface area contributed by atoms with Crippen molar-refractivity contribution in [3.05, 3.63) is 78.1 Å². The van der Waals surface area contributed by atoms with Gasteiger partial charge < -0.3 is 14.3 Å². The van der Waals surface area contributed by atoms with E-state index in [2.05, 4.69) is 17.0 Å². The SMILES string of the molecule is O=C(O)CCCN1CCC[C@@H]1COc1ccc(Cc2ccc(-c3ccccc3)o2)cc1. The molecule has 1 aliphatic heterocycles. The number of hydrogen-bond donors (Lipinski definition) is 1. The molecular weight excluding hydrogens is 390 g/mol. The number of ether oxygens (including phenoxy) is 1. The number of carboxylic acid groups (broad SMARTS) is 1. The highest BCUT2D eigenvalue weighted by Crippen LogP contribution is 2.24. The predicted molar refractivity (Wildman–Crippen MR) is 120 cm³/mol. The van der Waals surface area contributed by atoms with Crippen LogP contribution in [-0.4, -0.2) is 41.7 Å².